The van der Waals surface area contributed by atoms with Crippen LogP contribution in [0.3, 0.4) is 0 Å². The van der Waals surface area contributed by atoms with Crippen LogP contribution in [0.2, 0.25) is 5.02 Å². The van der Waals surface area contributed by atoms with E-state index in [1.165, 1.54) is 28.6 Å². The van der Waals surface area contributed by atoms with Gasteiger partial charge in [-0.3, -0.25) is 9.36 Å². The van der Waals surface area contributed by atoms with Gasteiger partial charge in [-0.15, -0.1) is 0 Å². The van der Waals surface area contributed by atoms with Crippen molar-refractivity contribution in [2.45, 2.75) is 19.4 Å². The lowest BCUT2D eigenvalue weighted by Crippen LogP contribution is -2.38. The average molecular weight is 501 g/mol. The third kappa shape index (κ3) is 4.72. The quantitative estimate of drug-likeness (QED) is 0.361. The molecule has 0 saturated heterocycles. The first-order valence-electron chi connectivity index (χ1n) is 10.7. The first-order valence-corrected chi connectivity index (χ1v) is 11.0. The van der Waals surface area contributed by atoms with Gasteiger partial charge in [0.15, 0.2) is 0 Å². The fourth-order valence-corrected chi connectivity index (χ4v) is 3.99. The number of para-hydroxylation sites is 1. The highest BCUT2D eigenvalue weighted by Crippen LogP contribution is 2.27. The molecule has 0 radical (unpaired) electrons. The number of carbonyl (C=O) groups is 1. The van der Waals surface area contributed by atoms with E-state index in [0.717, 1.165) is 18.2 Å². The molecule has 0 aliphatic heterocycles. The van der Waals surface area contributed by atoms with Crippen LogP contribution < -0.4 is 10.9 Å². The number of urea groups is 1. The van der Waals surface area contributed by atoms with Crippen LogP contribution in [0.5, 0.6) is 0 Å². The minimum absolute atomic E-state index is 0.181. The second-order valence-corrected chi connectivity index (χ2v) is 8.22. The molecule has 0 fully saturated rings. The Bertz CT molecular complexity index is 1490. The molecule has 0 aliphatic rings. The Morgan fingerprint density at radius 3 is 2.51 bits per heavy atom. The smallest absolute Gasteiger partial charge is 0.317 e. The van der Waals surface area contributed by atoms with Gasteiger partial charge in [0, 0.05) is 13.1 Å². The van der Waals surface area contributed by atoms with Crippen LogP contribution in [-0.4, -0.2) is 27.5 Å². The van der Waals surface area contributed by atoms with E-state index < -0.39 is 35.1 Å². The van der Waals surface area contributed by atoms with Crippen molar-refractivity contribution in [2.75, 3.05) is 12.4 Å². The number of aromatic nitrogens is 2. The van der Waals surface area contributed by atoms with E-state index >= 15 is 0 Å². The SMILES string of the molecule is CCC(c1nc2ccccc2c(=O)n1-c1ccc(F)c(Cl)c1)N(C)C(=O)Nc1ccc(F)cc1F. The summed E-state index contributed by atoms with van der Waals surface area (Å²) in [6.07, 6.45) is 0.329. The minimum Gasteiger partial charge on any atom is -0.317 e. The van der Waals surface area contributed by atoms with E-state index in [1.807, 2.05) is 0 Å². The molecule has 4 aromatic rings. The molecule has 10 heteroatoms. The summed E-state index contributed by atoms with van der Waals surface area (Å²) in [5.41, 5.74) is 0.0534. The summed E-state index contributed by atoms with van der Waals surface area (Å²) in [5.74, 6) is -2.15. The zero-order valence-electron chi connectivity index (χ0n) is 18.7. The Kier molecular flexibility index (Phi) is 6.79. The van der Waals surface area contributed by atoms with E-state index in [-0.39, 0.29) is 22.2 Å². The largest absolute Gasteiger partial charge is 0.322 e. The number of hydrogen-bond donors (Lipinski definition) is 1. The highest BCUT2D eigenvalue weighted by Gasteiger charge is 2.27. The molecule has 0 saturated carbocycles. The number of nitrogens with zero attached hydrogens (tertiary/aromatic N) is 3. The zero-order chi connectivity index (χ0) is 25.3. The predicted octanol–water partition coefficient (Wildman–Crippen LogP) is 6.07. The van der Waals surface area contributed by atoms with Crippen LogP contribution in [0.1, 0.15) is 25.2 Å². The minimum atomic E-state index is -0.929. The molecule has 0 aliphatic carbocycles. The highest BCUT2D eigenvalue weighted by molar-refractivity contribution is 6.30. The maximum Gasteiger partial charge on any atom is 0.322 e. The fourth-order valence-electron chi connectivity index (χ4n) is 3.81. The third-order valence-corrected chi connectivity index (χ3v) is 5.90. The van der Waals surface area contributed by atoms with Crippen LogP contribution in [0.15, 0.2) is 65.5 Å². The van der Waals surface area contributed by atoms with E-state index in [2.05, 4.69) is 10.3 Å². The third-order valence-electron chi connectivity index (χ3n) is 5.61. The van der Waals surface area contributed by atoms with Gasteiger partial charge in [-0.05, 0) is 48.9 Å². The number of carbonyl (C=O) groups excluding carboxylic acids is 1. The number of nitrogens with one attached hydrogen (secondary N) is 1. The van der Waals surface area contributed by atoms with Gasteiger partial charge in [0.2, 0.25) is 0 Å². The Balaban J connectivity index is 1.83. The van der Waals surface area contributed by atoms with Gasteiger partial charge in [-0.1, -0.05) is 30.7 Å². The maximum absolute atomic E-state index is 14.1. The molecule has 1 unspecified atom stereocenters. The summed E-state index contributed by atoms with van der Waals surface area (Å²) in [6, 6.07) is 11.9. The van der Waals surface area contributed by atoms with Gasteiger partial charge in [-0.25, -0.2) is 22.9 Å². The number of anilines is 1. The number of hydrogen-bond acceptors (Lipinski definition) is 3. The van der Waals surface area contributed by atoms with Crippen molar-refractivity contribution < 1.29 is 18.0 Å². The average Bonchev–Trinajstić information content (AvgIpc) is 2.83. The van der Waals surface area contributed by atoms with Gasteiger partial charge >= 0.3 is 6.03 Å². The maximum atomic E-state index is 14.1. The van der Waals surface area contributed by atoms with Crippen molar-refractivity contribution in [3.05, 3.63) is 99.3 Å². The van der Waals surface area contributed by atoms with Crippen molar-refractivity contribution in [2.24, 2.45) is 0 Å². The van der Waals surface area contributed by atoms with Gasteiger partial charge in [0.1, 0.15) is 23.3 Å². The van der Waals surface area contributed by atoms with Crippen LogP contribution >= 0.6 is 11.6 Å². The van der Waals surface area contributed by atoms with Gasteiger partial charge in [0.05, 0.1) is 33.3 Å². The van der Waals surface area contributed by atoms with Crippen molar-refractivity contribution in [1.82, 2.24) is 14.5 Å². The molecule has 1 aromatic heterocycles. The number of amides is 2. The van der Waals surface area contributed by atoms with Crippen molar-refractivity contribution >= 4 is 34.2 Å². The van der Waals surface area contributed by atoms with Gasteiger partial charge in [0.25, 0.3) is 5.56 Å². The Morgan fingerprint density at radius 1 is 1.09 bits per heavy atom. The lowest BCUT2D eigenvalue weighted by Gasteiger charge is -2.29. The second kappa shape index (κ2) is 9.79. The fraction of sp³-hybridized carbons (Fsp3) is 0.160. The first-order chi connectivity index (χ1) is 16.7. The van der Waals surface area contributed by atoms with E-state index in [9.17, 15) is 22.8 Å². The molecule has 4 rings (SSSR count). The standard InChI is InChI=1S/C25H20ClF3N4O2/c1-3-22(32(2)25(35)31-21-11-8-14(27)12-19(21)29)23-30-20-7-5-4-6-16(20)24(34)33(23)15-9-10-18(28)17(26)13-15/h4-13,22H,3H2,1-2H3,(H,31,35). The Hall–Kier alpha value is -3.85. The number of fused-ring (bicyclic) bond motifs is 1. The molecule has 1 atom stereocenters. The first kappa shape index (κ1) is 24.3. The van der Waals surface area contributed by atoms with E-state index in [4.69, 9.17) is 11.6 Å². The molecular formula is C25H20ClF3N4O2. The molecule has 3 aromatic carbocycles. The summed E-state index contributed by atoms with van der Waals surface area (Å²) in [4.78, 5) is 32.4. The molecule has 180 valence electrons. The molecule has 1 heterocycles. The van der Waals surface area contributed by atoms with Gasteiger partial charge in [-0.2, -0.15) is 0 Å². The normalized spacial score (nSPS) is 11.9. The number of rotatable bonds is 5. The van der Waals surface area contributed by atoms with Crippen LogP contribution in [0.25, 0.3) is 16.6 Å². The second-order valence-electron chi connectivity index (χ2n) is 7.82. The Labute approximate surface area is 203 Å². The van der Waals surface area contributed by atoms with E-state index in [1.54, 1.807) is 31.2 Å². The lowest BCUT2D eigenvalue weighted by molar-refractivity contribution is 0.199. The summed E-state index contributed by atoms with van der Waals surface area (Å²) in [5, 5.41) is 2.55. The summed E-state index contributed by atoms with van der Waals surface area (Å²) in [6.45, 7) is 1.79. The molecule has 0 bridgehead atoms. The monoisotopic (exact) mass is 500 g/mol. The van der Waals surface area contributed by atoms with Crippen molar-refractivity contribution in [3.63, 3.8) is 0 Å². The molecule has 1 N–H and O–H groups in total. The van der Waals surface area contributed by atoms with Crippen LogP contribution in [-0.2, 0) is 0 Å². The van der Waals surface area contributed by atoms with Crippen LogP contribution in [0, 0.1) is 17.5 Å². The van der Waals surface area contributed by atoms with Crippen LogP contribution in [0.4, 0.5) is 23.7 Å². The summed E-state index contributed by atoms with van der Waals surface area (Å²) >= 11 is 5.98. The summed E-state index contributed by atoms with van der Waals surface area (Å²) < 4.78 is 42.4. The lowest BCUT2D eigenvalue weighted by atomic mass is 10.1. The molecule has 35 heavy (non-hydrogen) atoms. The highest BCUT2D eigenvalue weighted by atomic mass is 35.5. The predicted molar refractivity (Wildman–Crippen MR) is 128 cm³/mol. The Morgan fingerprint density at radius 2 is 1.83 bits per heavy atom. The number of benzene rings is 3. The summed E-state index contributed by atoms with van der Waals surface area (Å²) in [7, 11) is 1.47. The molecule has 2 amide bonds. The zero-order valence-corrected chi connectivity index (χ0v) is 19.5. The van der Waals surface area contributed by atoms with Crippen molar-refractivity contribution in [3.8, 4) is 5.69 Å². The number of halogens is 4. The molecule has 6 nitrogen and oxygen atoms in total. The molecule has 0 spiro atoms. The van der Waals surface area contributed by atoms with Crippen molar-refractivity contribution in [1.29, 1.82) is 0 Å². The van der Waals surface area contributed by atoms with Gasteiger partial charge < -0.3 is 10.2 Å². The topological polar surface area (TPSA) is 67.2 Å². The molecular weight excluding hydrogens is 481 g/mol. The van der Waals surface area contributed by atoms with E-state index in [0.29, 0.717) is 23.4 Å².